The van der Waals surface area contributed by atoms with Crippen LogP contribution in [0.2, 0.25) is 36.1 Å². The van der Waals surface area contributed by atoms with Crippen molar-refractivity contribution in [3.63, 3.8) is 0 Å². The Labute approximate surface area is 171 Å². The molecule has 2 heteroatoms. The van der Waals surface area contributed by atoms with Gasteiger partial charge in [-0.05, 0) is 5.54 Å². The monoisotopic (exact) mass is 382 g/mol. The van der Waals surface area contributed by atoms with Crippen molar-refractivity contribution >= 4 is 20.0 Å². The summed E-state index contributed by atoms with van der Waals surface area (Å²) >= 11 is 0. The van der Waals surface area contributed by atoms with Gasteiger partial charge in [0.15, 0.2) is 0 Å². The van der Waals surface area contributed by atoms with Crippen molar-refractivity contribution in [3.8, 4) is 0 Å². The van der Waals surface area contributed by atoms with Crippen LogP contribution in [0.3, 0.4) is 0 Å². The summed E-state index contributed by atoms with van der Waals surface area (Å²) in [5, 5.41) is 1.67. The summed E-state index contributed by atoms with van der Waals surface area (Å²) in [5.41, 5.74) is 0.874. The van der Waals surface area contributed by atoms with Gasteiger partial charge in [-0.3, -0.25) is 0 Å². The molecule has 0 heterocycles. The highest BCUT2D eigenvalue weighted by molar-refractivity contribution is 6.92. The number of benzene rings is 1. The molecule has 0 spiro atoms. The lowest BCUT2D eigenvalue weighted by molar-refractivity contribution is 0.450. The smallest absolute Gasteiger partial charge is 0.0658 e. The lowest BCUT2D eigenvalue weighted by Gasteiger charge is -2.45. The van der Waals surface area contributed by atoms with Gasteiger partial charge in [0.2, 0.25) is 0 Å². The average molecular weight is 383 g/mol. The van der Waals surface area contributed by atoms with E-state index >= 15 is 0 Å². The van der Waals surface area contributed by atoms with Gasteiger partial charge in [-0.1, -0.05) is 151 Å². The van der Waals surface area contributed by atoms with Crippen LogP contribution in [0, 0.1) is 0 Å². The van der Waals surface area contributed by atoms with Gasteiger partial charge in [0.05, 0.1) is 8.07 Å². The molecular weight excluding hydrogens is 339 g/mol. The summed E-state index contributed by atoms with van der Waals surface area (Å²) in [6.45, 7) is 11.4. The Morgan fingerprint density at radius 1 is 0.852 bits per heavy atom. The number of hydrogen-bond donors (Lipinski definition) is 0. The molecule has 0 N–H and O–H groups in total. The molecule has 27 heavy (non-hydrogen) atoms. The van der Waals surface area contributed by atoms with E-state index in [9.17, 15) is 0 Å². The fraction of sp³-hybridized carbons (Fsp3) is 0.760. The molecule has 0 amide bonds. The highest BCUT2D eigenvalue weighted by Crippen LogP contribution is 2.51. The minimum absolute atomic E-state index is 0.874. The summed E-state index contributed by atoms with van der Waals surface area (Å²) in [6.07, 6.45) is 16.5. The van der Waals surface area contributed by atoms with Crippen molar-refractivity contribution in [2.24, 2.45) is 0 Å². The first-order chi connectivity index (χ1) is 13.1. The Bertz CT molecular complexity index is 525. The van der Waals surface area contributed by atoms with Gasteiger partial charge >= 0.3 is 0 Å². The summed E-state index contributed by atoms with van der Waals surface area (Å²) in [5.74, 6) is 2.97. The van der Waals surface area contributed by atoms with Crippen molar-refractivity contribution in [3.05, 3.63) is 30.3 Å². The SMILES string of the molecule is CC[C@H](B(C1CCCCC1)C1CCCCC1)[C@H](C)[Si](C)(C)c1ccccc1. The predicted octanol–water partition coefficient (Wildman–Crippen LogP) is 7.94. The van der Waals surface area contributed by atoms with Crippen LogP contribution in [0.25, 0.3) is 0 Å². The molecule has 2 aliphatic carbocycles. The highest BCUT2D eigenvalue weighted by atomic mass is 28.3. The van der Waals surface area contributed by atoms with E-state index in [1.165, 1.54) is 70.6 Å². The lowest BCUT2D eigenvalue weighted by atomic mass is 9.24. The molecule has 0 unspecified atom stereocenters. The van der Waals surface area contributed by atoms with Crippen LogP contribution in [-0.4, -0.2) is 14.8 Å². The van der Waals surface area contributed by atoms with E-state index < -0.39 is 8.07 Å². The first kappa shape index (κ1) is 21.2. The zero-order chi connectivity index (χ0) is 19.3. The third-order valence-electron chi connectivity index (χ3n) is 8.65. The van der Waals surface area contributed by atoms with Gasteiger partial charge in [0, 0.05) is 0 Å². The molecule has 1 aromatic carbocycles. The van der Waals surface area contributed by atoms with E-state index in [2.05, 4.69) is 57.3 Å². The molecular formula is C25H43BSi. The fourth-order valence-electron chi connectivity index (χ4n) is 6.75. The first-order valence-corrected chi connectivity index (χ1v) is 15.2. The topological polar surface area (TPSA) is 0 Å². The van der Waals surface area contributed by atoms with Crippen LogP contribution in [0.1, 0.15) is 84.5 Å². The van der Waals surface area contributed by atoms with E-state index in [4.69, 9.17) is 0 Å². The molecule has 2 aliphatic rings. The number of hydrogen-bond acceptors (Lipinski definition) is 0. The second-order valence-electron chi connectivity index (χ2n) is 10.3. The second-order valence-corrected chi connectivity index (χ2v) is 15.3. The Morgan fingerprint density at radius 2 is 1.33 bits per heavy atom. The molecule has 2 fully saturated rings. The van der Waals surface area contributed by atoms with Crippen molar-refractivity contribution in [1.29, 1.82) is 0 Å². The van der Waals surface area contributed by atoms with Crippen LogP contribution in [0.5, 0.6) is 0 Å². The molecule has 0 nitrogen and oxygen atoms in total. The van der Waals surface area contributed by atoms with Crippen LogP contribution in [-0.2, 0) is 0 Å². The van der Waals surface area contributed by atoms with Gasteiger partial charge in [0.1, 0.15) is 6.71 Å². The molecule has 0 saturated heterocycles. The Kier molecular flexibility index (Phi) is 7.71. The third kappa shape index (κ3) is 4.92. The van der Waals surface area contributed by atoms with E-state index in [-0.39, 0.29) is 0 Å². The lowest BCUT2D eigenvalue weighted by Crippen LogP contribution is -2.49. The van der Waals surface area contributed by atoms with Crippen LogP contribution in [0.4, 0.5) is 0 Å². The van der Waals surface area contributed by atoms with Crippen molar-refractivity contribution < 1.29 is 0 Å². The van der Waals surface area contributed by atoms with Crippen LogP contribution >= 0.6 is 0 Å². The molecule has 0 radical (unpaired) electrons. The third-order valence-corrected chi connectivity index (χ3v) is 13.2. The minimum atomic E-state index is -1.46. The summed E-state index contributed by atoms with van der Waals surface area (Å²) in [6, 6.07) is 11.6. The largest absolute Gasteiger partial charge is 0.149 e. The molecule has 0 bridgehead atoms. The van der Waals surface area contributed by atoms with Gasteiger partial charge in [-0.25, -0.2) is 0 Å². The highest BCUT2D eigenvalue weighted by Gasteiger charge is 2.45. The van der Waals surface area contributed by atoms with Crippen LogP contribution < -0.4 is 5.19 Å². The van der Waals surface area contributed by atoms with Crippen molar-refractivity contribution in [2.45, 2.75) is 121 Å². The Balaban J connectivity index is 1.87. The van der Waals surface area contributed by atoms with E-state index in [1.54, 1.807) is 5.19 Å². The number of rotatable bonds is 7. The minimum Gasteiger partial charge on any atom is -0.0658 e. The van der Waals surface area contributed by atoms with Gasteiger partial charge < -0.3 is 0 Å². The molecule has 0 aromatic heterocycles. The van der Waals surface area contributed by atoms with Crippen molar-refractivity contribution in [1.82, 2.24) is 0 Å². The first-order valence-electron chi connectivity index (χ1n) is 12.1. The van der Waals surface area contributed by atoms with E-state index in [0.29, 0.717) is 0 Å². The Hall–Kier alpha value is -0.498. The standard InChI is InChI=1S/C25H43BSi/c1-5-25(21(2)27(3,4)24-19-13-8-14-20-24)26(22-15-9-6-10-16-22)23-17-11-7-12-18-23/h8,13-14,19-23,25H,5-7,9-12,15-18H2,1-4H3/t21-,25-/m0/s1. The second kappa shape index (κ2) is 9.81. The molecule has 3 rings (SSSR count). The molecule has 150 valence electrons. The quantitative estimate of drug-likeness (QED) is 0.420. The maximum atomic E-state index is 2.65. The van der Waals surface area contributed by atoms with Gasteiger partial charge in [0.25, 0.3) is 0 Å². The zero-order valence-electron chi connectivity index (χ0n) is 18.6. The molecule has 1 aromatic rings. The molecule has 2 atom stereocenters. The summed E-state index contributed by atoms with van der Waals surface area (Å²) in [4.78, 5) is 0. The molecule has 0 aliphatic heterocycles. The van der Waals surface area contributed by atoms with E-state index in [1.807, 2.05) is 0 Å². The predicted molar refractivity (Wildman–Crippen MR) is 126 cm³/mol. The fourth-order valence-corrected chi connectivity index (χ4v) is 9.85. The normalized spacial score (nSPS) is 22.4. The Morgan fingerprint density at radius 3 is 1.78 bits per heavy atom. The maximum Gasteiger partial charge on any atom is 0.149 e. The van der Waals surface area contributed by atoms with Gasteiger partial charge in [-0.2, -0.15) is 0 Å². The zero-order valence-corrected chi connectivity index (χ0v) is 19.6. The summed E-state index contributed by atoms with van der Waals surface area (Å²) < 4.78 is 0. The average Bonchev–Trinajstić information content (AvgIpc) is 2.73. The van der Waals surface area contributed by atoms with Crippen LogP contribution in [0.15, 0.2) is 30.3 Å². The van der Waals surface area contributed by atoms with E-state index in [0.717, 1.165) is 29.7 Å². The summed E-state index contributed by atoms with van der Waals surface area (Å²) in [7, 11) is -1.46. The van der Waals surface area contributed by atoms with Crippen molar-refractivity contribution in [2.75, 3.05) is 0 Å². The van der Waals surface area contributed by atoms with Gasteiger partial charge in [-0.15, -0.1) is 0 Å². The molecule has 2 saturated carbocycles. The maximum absolute atomic E-state index is 2.65.